The van der Waals surface area contributed by atoms with Gasteiger partial charge in [0.1, 0.15) is 24.5 Å². The maximum absolute atomic E-state index is 12.7. The number of aliphatic hydroxyl groups is 1. The maximum Gasteiger partial charge on any atom is 0.339 e. The van der Waals surface area contributed by atoms with Gasteiger partial charge in [-0.3, -0.25) is 9.78 Å². The molecular weight excluding hydrogens is 442 g/mol. The number of nitrogen functional groups attached to an aromatic ring is 1. The van der Waals surface area contributed by atoms with Gasteiger partial charge in [0, 0.05) is 5.56 Å². The van der Waals surface area contributed by atoms with Crippen molar-refractivity contribution in [3.8, 4) is 17.2 Å². The number of nitrogens with one attached hydrogen (secondary N) is 1. The first-order chi connectivity index (χ1) is 16.3. The molecule has 0 saturated heterocycles. The van der Waals surface area contributed by atoms with Gasteiger partial charge in [-0.25, -0.2) is 4.79 Å². The van der Waals surface area contributed by atoms with Crippen molar-refractivity contribution in [3.05, 3.63) is 53.2 Å². The number of rotatable bonds is 10. The van der Waals surface area contributed by atoms with E-state index in [0.717, 1.165) is 0 Å². The van der Waals surface area contributed by atoms with Gasteiger partial charge in [0.25, 0.3) is 5.91 Å². The van der Waals surface area contributed by atoms with E-state index in [2.05, 4.69) is 10.3 Å². The average Bonchev–Trinajstić information content (AvgIpc) is 2.80. The van der Waals surface area contributed by atoms with Crippen LogP contribution < -0.4 is 25.3 Å². The number of nitrogens with two attached hydrogens (primary N) is 1. The molecule has 0 aliphatic rings. The minimum atomic E-state index is -1.17. The SMILES string of the molecule is COc1ccc(C(=O)N[C@@H](C)COc2cccc3nc(C)c(C(=O)O)c(N)c23)cc1OCCO. The number of fused-ring (bicyclic) bond motifs is 1. The highest BCUT2D eigenvalue weighted by molar-refractivity contribution is 6.06. The topological polar surface area (TPSA) is 153 Å². The van der Waals surface area contributed by atoms with E-state index in [9.17, 15) is 14.7 Å². The number of ether oxygens (including phenoxy) is 3. The third kappa shape index (κ3) is 5.29. The molecule has 0 fully saturated rings. The Labute approximate surface area is 196 Å². The Morgan fingerprint density at radius 2 is 1.91 bits per heavy atom. The molecule has 1 heterocycles. The number of aryl methyl sites for hydroxylation is 1. The normalized spacial score (nSPS) is 11.6. The highest BCUT2D eigenvalue weighted by Gasteiger charge is 2.20. The van der Waals surface area contributed by atoms with Crippen LogP contribution in [0.4, 0.5) is 5.69 Å². The Bertz CT molecular complexity index is 1210. The van der Waals surface area contributed by atoms with Crippen LogP contribution in [0.2, 0.25) is 0 Å². The van der Waals surface area contributed by atoms with Crippen molar-refractivity contribution >= 4 is 28.5 Å². The Morgan fingerprint density at radius 1 is 1.15 bits per heavy atom. The van der Waals surface area contributed by atoms with E-state index in [1.165, 1.54) is 13.2 Å². The summed E-state index contributed by atoms with van der Waals surface area (Å²) >= 11 is 0. The Morgan fingerprint density at radius 3 is 2.59 bits per heavy atom. The third-order valence-corrected chi connectivity index (χ3v) is 5.05. The molecule has 0 saturated carbocycles. The van der Waals surface area contributed by atoms with E-state index < -0.39 is 12.0 Å². The Kier molecular flexibility index (Phi) is 7.75. The molecule has 3 aromatic rings. The molecule has 2 aromatic carbocycles. The highest BCUT2D eigenvalue weighted by Crippen LogP contribution is 2.33. The summed E-state index contributed by atoms with van der Waals surface area (Å²) in [5.74, 6) is -0.358. The minimum absolute atomic E-state index is 0.0661. The van der Waals surface area contributed by atoms with Crippen molar-refractivity contribution < 1.29 is 34.0 Å². The van der Waals surface area contributed by atoms with Gasteiger partial charge < -0.3 is 35.5 Å². The van der Waals surface area contributed by atoms with Crippen molar-refractivity contribution in [3.63, 3.8) is 0 Å². The second kappa shape index (κ2) is 10.7. The number of hydrogen-bond donors (Lipinski definition) is 4. The second-order valence-corrected chi connectivity index (χ2v) is 7.56. The molecule has 34 heavy (non-hydrogen) atoms. The highest BCUT2D eigenvalue weighted by atomic mass is 16.5. The van der Waals surface area contributed by atoms with Gasteiger partial charge >= 0.3 is 5.97 Å². The van der Waals surface area contributed by atoms with E-state index in [0.29, 0.717) is 39.4 Å². The summed E-state index contributed by atoms with van der Waals surface area (Å²) in [7, 11) is 1.48. The molecule has 5 N–H and O–H groups in total. The molecule has 3 rings (SSSR count). The molecule has 10 heteroatoms. The first-order valence-corrected chi connectivity index (χ1v) is 10.5. The van der Waals surface area contributed by atoms with E-state index >= 15 is 0 Å². The van der Waals surface area contributed by atoms with Gasteiger partial charge in [-0.2, -0.15) is 0 Å². The van der Waals surface area contributed by atoms with Crippen LogP contribution in [0.1, 0.15) is 33.3 Å². The molecule has 0 aliphatic heterocycles. The zero-order chi connectivity index (χ0) is 24.8. The quantitative estimate of drug-likeness (QED) is 0.350. The standard InChI is InChI=1S/C24H27N3O7/c1-13(26-23(29)15-7-8-17(32-3)19(11-15)33-10-9-28)12-34-18-6-4-5-16-21(18)22(25)20(24(30)31)14(2)27-16/h4-8,11,13,28H,9-10,12H2,1-3H3,(H2,25,27)(H,26,29)(H,30,31)/t13-/m0/s1. The van der Waals surface area contributed by atoms with Crippen LogP contribution in [-0.2, 0) is 0 Å². The number of carbonyl (C=O) groups excluding carboxylic acids is 1. The number of carbonyl (C=O) groups is 2. The lowest BCUT2D eigenvalue weighted by atomic mass is 10.1. The van der Waals surface area contributed by atoms with Crippen molar-refractivity contribution in [2.45, 2.75) is 19.9 Å². The van der Waals surface area contributed by atoms with Gasteiger partial charge in [-0.05, 0) is 44.2 Å². The Hall–Kier alpha value is -4.05. The lowest BCUT2D eigenvalue weighted by molar-refractivity contribution is 0.0696. The molecule has 0 bridgehead atoms. The number of benzene rings is 2. The summed E-state index contributed by atoms with van der Waals surface area (Å²) in [6, 6.07) is 9.47. The van der Waals surface area contributed by atoms with E-state index in [1.54, 1.807) is 44.2 Å². The van der Waals surface area contributed by atoms with Crippen LogP contribution in [0, 0.1) is 6.92 Å². The number of aromatic carboxylic acids is 1. The number of amides is 1. The molecular formula is C24H27N3O7. The fourth-order valence-corrected chi connectivity index (χ4v) is 3.48. The predicted octanol–water partition coefficient (Wildman–Crippen LogP) is 2.40. The average molecular weight is 469 g/mol. The summed E-state index contributed by atoms with van der Waals surface area (Å²) in [6.45, 7) is 3.35. The predicted molar refractivity (Wildman–Crippen MR) is 126 cm³/mol. The number of aromatic nitrogens is 1. The van der Waals surface area contributed by atoms with Crippen LogP contribution >= 0.6 is 0 Å². The molecule has 1 atom stereocenters. The molecule has 0 radical (unpaired) electrons. The van der Waals surface area contributed by atoms with Crippen LogP contribution in [-0.4, -0.2) is 60.0 Å². The molecule has 180 valence electrons. The molecule has 1 aromatic heterocycles. The monoisotopic (exact) mass is 469 g/mol. The lowest BCUT2D eigenvalue weighted by Crippen LogP contribution is -2.36. The van der Waals surface area contributed by atoms with Crippen LogP contribution in [0.3, 0.4) is 0 Å². The van der Waals surface area contributed by atoms with Gasteiger partial charge in [-0.15, -0.1) is 0 Å². The molecule has 0 aliphatic carbocycles. The van der Waals surface area contributed by atoms with Crippen LogP contribution in [0.5, 0.6) is 17.2 Å². The van der Waals surface area contributed by atoms with E-state index in [-0.39, 0.29) is 37.0 Å². The first kappa shape index (κ1) is 24.6. The molecule has 1 amide bonds. The Balaban J connectivity index is 1.74. The maximum atomic E-state index is 12.7. The summed E-state index contributed by atoms with van der Waals surface area (Å²) in [6.07, 6.45) is 0. The minimum Gasteiger partial charge on any atom is -0.493 e. The van der Waals surface area contributed by atoms with E-state index in [1.807, 2.05) is 0 Å². The van der Waals surface area contributed by atoms with Crippen molar-refractivity contribution in [2.75, 3.05) is 32.7 Å². The van der Waals surface area contributed by atoms with Gasteiger partial charge in [0.05, 0.1) is 42.0 Å². The van der Waals surface area contributed by atoms with Crippen molar-refractivity contribution in [1.82, 2.24) is 10.3 Å². The molecule has 10 nitrogen and oxygen atoms in total. The van der Waals surface area contributed by atoms with Crippen LogP contribution in [0.15, 0.2) is 36.4 Å². The number of carboxylic acid groups (broad SMARTS) is 1. The number of hydrogen-bond acceptors (Lipinski definition) is 8. The largest absolute Gasteiger partial charge is 0.493 e. The zero-order valence-corrected chi connectivity index (χ0v) is 19.1. The van der Waals surface area contributed by atoms with Crippen LogP contribution in [0.25, 0.3) is 10.9 Å². The summed E-state index contributed by atoms with van der Waals surface area (Å²) < 4.78 is 16.5. The summed E-state index contributed by atoms with van der Waals surface area (Å²) in [4.78, 5) is 28.6. The van der Waals surface area contributed by atoms with Crippen molar-refractivity contribution in [2.24, 2.45) is 0 Å². The number of pyridine rings is 1. The van der Waals surface area contributed by atoms with Gasteiger partial charge in [-0.1, -0.05) is 6.07 Å². The first-order valence-electron chi connectivity index (χ1n) is 10.5. The van der Waals surface area contributed by atoms with E-state index in [4.69, 9.17) is 25.1 Å². The van der Waals surface area contributed by atoms with Gasteiger partial charge in [0.2, 0.25) is 0 Å². The zero-order valence-electron chi connectivity index (χ0n) is 19.1. The van der Waals surface area contributed by atoms with Crippen molar-refractivity contribution in [1.29, 1.82) is 0 Å². The molecule has 0 unspecified atom stereocenters. The second-order valence-electron chi connectivity index (χ2n) is 7.56. The lowest BCUT2D eigenvalue weighted by Gasteiger charge is -2.18. The molecule has 0 spiro atoms. The fraction of sp³-hybridized carbons (Fsp3) is 0.292. The number of carboxylic acids is 1. The smallest absolute Gasteiger partial charge is 0.339 e. The third-order valence-electron chi connectivity index (χ3n) is 5.05. The summed E-state index contributed by atoms with van der Waals surface area (Å²) in [5, 5.41) is 21.7. The number of aliphatic hydroxyl groups excluding tert-OH is 1. The number of methoxy groups -OCH3 is 1. The fourth-order valence-electron chi connectivity index (χ4n) is 3.48. The number of nitrogens with zero attached hydrogens (tertiary/aromatic N) is 1. The number of anilines is 1. The van der Waals surface area contributed by atoms with Gasteiger partial charge in [0.15, 0.2) is 11.5 Å². The summed E-state index contributed by atoms with van der Waals surface area (Å²) in [5.41, 5.74) is 7.34.